The second-order valence-corrected chi connectivity index (χ2v) is 7.93. The van der Waals surface area contributed by atoms with Crippen LogP contribution >= 0.6 is 0 Å². The van der Waals surface area contributed by atoms with Gasteiger partial charge < -0.3 is 4.57 Å². The van der Waals surface area contributed by atoms with Crippen molar-refractivity contribution in [2.75, 3.05) is 6.26 Å². The van der Waals surface area contributed by atoms with E-state index in [1.807, 2.05) is 54.9 Å². The fourth-order valence-corrected chi connectivity index (χ4v) is 3.95. The average Bonchev–Trinajstić information content (AvgIpc) is 2.90. The van der Waals surface area contributed by atoms with Gasteiger partial charge in [-0.05, 0) is 24.6 Å². The van der Waals surface area contributed by atoms with Gasteiger partial charge in [0.2, 0.25) is 0 Å². The van der Waals surface area contributed by atoms with Gasteiger partial charge in [-0.2, -0.15) is 5.10 Å². The van der Waals surface area contributed by atoms with E-state index in [1.165, 1.54) is 4.68 Å². The quantitative estimate of drug-likeness (QED) is 0.561. The molecule has 6 heteroatoms. The van der Waals surface area contributed by atoms with E-state index in [1.54, 1.807) is 12.5 Å². The standard InChI is InChI=1S/C20H19N3O2S/c1-13-5-4-6-14(9-13)12-23-20(24)19-17(11-21-23)16-8-7-15(26(3)25)10-18(16)22(19)2/h4-11H,12H2,1-3H3. The molecule has 0 aliphatic rings. The van der Waals surface area contributed by atoms with Gasteiger partial charge in [0.25, 0.3) is 5.56 Å². The minimum Gasteiger partial charge on any atom is -0.339 e. The zero-order chi connectivity index (χ0) is 18.4. The van der Waals surface area contributed by atoms with E-state index in [-0.39, 0.29) is 5.56 Å². The monoisotopic (exact) mass is 365 g/mol. The third kappa shape index (κ3) is 2.66. The molecule has 0 fully saturated rings. The van der Waals surface area contributed by atoms with E-state index in [0.29, 0.717) is 12.1 Å². The predicted molar refractivity (Wildman–Crippen MR) is 105 cm³/mol. The first-order valence-electron chi connectivity index (χ1n) is 8.33. The SMILES string of the molecule is Cc1cccc(Cn2ncc3c4ccc(S(C)=O)cc4n(C)c3c2=O)c1. The summed E-state index contributed by atoms with van der Waals surface area (Å²) in [5.41, 5.74) is 3.58. The topological polar surface area (TPSA) is 56.9 Å². The van der Waals surface area contributed by atoms with Crippen LogP contribution in [0.5, 0.6) is 0 Å². The molecule has 0 N–H and O–H groups in total. The molecule has 1 unspecified atom stereocenters. The Morgan fingerprint density at radius 1 is 1.12 bits per heavy atom. The van der Waals surface area contributed by atoms with Gasteiger partial charge >= 0.3 is 0 Å². The van der Waals surface area contributed by atoms with Crippen LogP contribution in [0.1, 0.15) is 11.1 Å². The lowest BCUT2D eigenvalue weighted by atomic mass is 10.1. The average molecular weight is 365 g/mol. The lowest BCUT2D eigenvalue weighted by molar-refractivity contribution is 0.644. The van der Waals surface area contributed by atoms with Crippen molar-refractivity contribution in [2.45, 2.75) is 18.4 Å². The fraction of sp³-hybridized carbons (Fsp3) is 0.200. The number of hydrogen-bond acceptors (Lipinski definition) is 3. The van der Waals surface area contributed by atoms with E-state index in [2.05, 4.69) is 11.2 Å². The van der Waals surface area contributed by atoms with Crippen LogP contribution in [-0.2, 0) is 24.4 Å². The van der Waals surface area contributed by atoms with Crippen molar-refractivity contribution in [3.8, 4) is 0 Å². The molecule has 0 saturated carbocycles. The Morgan fingerprint density at radius 3 is 2.65 bits per heavy atom. The normalized spacial score (nSPS) is 12.7. The van der Waals surface area contributed by atoms with Crippen LogP contribution in [0.25, 0.3) is 21.8 Å². The van der Waals surface area contributed by atoms with Crippen LogP contribution in [0.4, 0.5) is 0 Å². The van der Waals surface area contributed by atoms with E-state index in [4.69, 9.17) is 0 Å². The number of aromatic nitrogens is 3. The van der Waals surface area contributed by atoms with Crippen molar-refractivity contribution in [1.82, 2.24) is 14.3 Å². The number of hydrogen-bond donors (Lipinski definition) is 0. The highest BCUT2D eigenvalue weighted by Crippen LogP contribution is 2.27. The Labute approximate surface area is 153 Å². The first-order valence-corrected chi connectivity index (χ1v) is 9.89. The van der Waals surface area contributed by atoms with Crippen LogP contribution in [-0.4, -0.2) is 24.8 Å². The molecule has 4 aromatic rings. The third-order valence-corrected chi connectivity index (χ3v) is 5.64. The summed E-state index contributed by atoms with van der Waals surface area (Å²) in [4.78, 5) is 13.8. The van der Waals surface area contributed by atoms with E-state index in [9.17, 15) is 9.00 Å². The molecule has 0 radical (unpaired) electrons. The maximum absolute atomic E-state index is 13.0. The molecule has 0 aliphatic heterocycles. The largest absolute Gasteiger partial charge is 0.339 e. The molecule has 0 aliphatic carbocycles. The highest BCUT2D eigenvalue weighted by atomic mass is 32.2. The zero-order valence-electron chi connectivity index (χ0n) is 14.9. The van der Waals surface area contributed by atoms with Crippen molar-refractivity contribution in [3.63, 3.8) is 0 Å². The molecule has 1 atom stereocenters. The minimum atomic E-state index is -1.07. The smallest absolute Gasteiger partial charge is 0.291 e. The van der Waals surface area contributed by atoms with Gasteiger partial charge in [-0.3, -0.25) is 9.00 Å². The Bertz CT molecular complexity index is 1240. The van der Waals surface area contributed by atoms with Crippen LogP contribution in [0.2, 0.25) is 0 Å². The van der Waals surface area contributed by atoms with Gasteiger partial charge in [0.1, 0.15) is 5.52 Å². The predicted octanol–water partition coefficient (Wildman–Crippen LogP) is 2.98. The lowest BCUT2D eigenvalue weighted by Gasteiger charge is -2.06. The van der Waals surface area contributed by atoms with Crippen molar-refractivity contribution in [1.29, 1.82) is 0 Å². The summed E-state index contributed by atoms with van der Waals surface area (Å²) in [6, 6.07) is 13.7. The maximum atomic E-state index is 13.0. The Kier molecular flexibility index (Phi) is 4.00. The van der Waals surface area contributed by atoms with E-state index >= 15 is 0 Å². The zero-order valence-corrected chi connectivity index (χ0v) is 15.7. The van der Waals surface area contributed by atoms with E-state index in [0.717, 1.165) is 32.3 Å². The van der Waals surface area contributed by atoms with Crippen LogP contribution in [0, 0.1) is 6.92 Å². The summed E-state index contributed by atoms with van der Waals surface area (Å²) in [6.07, 6.45) is 3.40. The molecule has 0 bridgehead atoms. The fourth-order valence-electron chi connectivity index (χ4n) is 3.41. The second-order valence-electron chi connectivity index (χ2n) is 6.55. The van der Waals surface area contributed by atoms with Gasteiger partial charge in [0.05, 0.1) is 18.3 Å². The van der Waals surface area contributed by atoms with Crippen molar-refractivity contribution in [3.05, 3.63) is 70.1 Å². The molecule has 2 aromatic carbocycles. The molecule has 0 spiro atoms. The number of benzene rings is 2. The molecule has 2 aromatic heterocycles. The molecule has 2 heterocycles. The summed E-state index contributed by atoms with van der Waals surface area (Å²) in [5, 5.41) is 6.15. The Balaban J connectivity index is 1.92. The van der Waals surface area contributed by atoms with Crippen molar-refractivity contribution in [2.24, 2.45) is 7.05 Å². The molecule has 0 saturated heterocycles. The van der Waals surface area contributed by atoms with E-state index < -0.39 is 10.8 Å². The van der Waals surface area contributed by atoms with Crippen LogP contribution < -0.4 is 5.56 Å². The van der Waals surface area contributed by atoms with Gasteiger partial charge in [-0.25, -0.2) is 4.68 Å². The number of rotatable bonds is 3. The molecular formula is C20H19N3O2S. The summed E-state index contributed by atoms with van der Waals surface area (Å²) in [6.45, 7) is 2.46. The molecule has 5 nitrogen and oxygen atoms in total. The van der Waals surface area contributed by atoms with Crippen LogP contribution in [0.3, 0.4) is 0 Å². The van der Waals surface area contributed by atoms with Crippen molar-refractivity contribution < 1.29 is 4.21 Å². The Morgan fingerprint density at radius 2 is 1.92 bits per heavy atom. The lowest BCUT2D eigenvalue weighted by Crippen LogP contribution is -2.24. The number of fused-ring (bicyclic) bond motifs is 3. The summed E-state index contributed by atoms with van der Waals surface area (Å²) < 4.78 is 15.2. The molecule has 4 rings (SSSR count). The van der Waals surface area contributed by atoms with Crippen molar-refractivity contribution >= 4 is 32.6 Å². The maximum Gasteiger partial charge on any atom is 0.291 e. The van der Waals surface area contributed by atoms with Gasteiger partial charge in [0, 0.05) is 39.8 Å². The summed E-state index contributed by atoms with van der Waals surface area (Å²) in [5.74, 6) is 0. The molecule has 0 amide bonds. The highest BCUT2D eigenvalue weighted by molar-refractivity contribution is 7.84. The van der Waals surface area contributed by atoms with Gasteiger partial charge in [-0.1, -0.05) is 35.9 Å². The molecular weight excluding hydrogens is 346 g/mol. The Hall–Kier alpha value is -2.73. The first-order chi connectivity index (χ1) is 12.5. The second kappa shape index (κ2) is 6.21. The summed E-state index contributed by atoms with van der Waals surface area (Å²) in [7, 11) is 0.801. The number of aryl methyl sites for hydroxylation is 2. The summed E-state index contributed by atoms with van der Waals surface area (Å²) >= 11 is 0. The molecule has 26 heavy (non-hydrogen) atoms. The molecule has 132 valence electrons. The first kappa shape index (κ1) is 16.7. The third-order valence-electron chi connectivity index (χ3n) is 4.72. The highest BCUT2D eigenvalue weighted by Gasteiger charge is 2.15. The van der Waals surface area contributed by atoms with Gasteiger partial charge in [-0.15, -0.1) is 0 Å². The van der Waals surface area contributed by atoms with Crippen LogP contribution in [0.15, 0.2) is 58.4 Å². The minimum absolute atomic E-state index is 0.123. The van der Waals surface area contributed by atoms with Gasteiger partial charge in [0.15, 0.2) is 0 Å². The number of nitrogens with zero attached hydrogens (tertiary/aromatic N) is 3.